The zero-order valence-electron chi connectivity index (χ0n) is 14.7. The molecule has 0 aromatic heterocycles. The van der Waals surface area contributed by atoms with Crippen LogP contribution in [-0.2, 0) is 6.54 Å². The van der Waals surface area contributed by atoms with Gasteiger partial charge in [-0.25, -0.2) is 0 Å². The average Bonchev–Trinajstić information content (AvgIpc) is 2.99. The minimum atomic E-state index is 0.0956. The van der Waals surface area contributed by atoms with Gasteiger partial charge in [0.15, 0.2) is 0 Å². The van der Waals surface area contributed by atoms with Crippen molar-refractivity contribution in [3.05, 3.63) is 47.5 Å². The highest BCUT2D eigenvalue weighted by molar-refractivity contribution is 5.64. The number of rotatable bonds is 5. The first kappa shape index (κ1) is 16.5. The predicted octanol–water partition coefficient (Wildman–Crippen LogP) is 2.79. The van der Waals surface area contributed by atoms with E-state index in [4.69, 9.17) is 15.2 Å². The van der Waals surface area contributed by atoms with E-state index in [0.29, 0.717) is 6.54 Å². The van der Waals surface area contributed by atoms with E-state index in [1.165, 1.54) is 11.3 Å². The van der Waals surface area contributed by atoms with Crippen LogP contribution in [0, 0.1) is 0 Å². The SMILES string of the molecule is COc1cc2c(c(OC)c1)C(CN)N(c1cccc(N(C)C)c1)C2. The number of ether oxygens (including phenoxy) is 2. The van der Waals surface area contributed by atoms with Crippen LogP contribution >= 0.6 is 0 Å². The van der Waals surface area contributed by atoms with Crippen molar-refractivity contribution in [1.82, 2.24) is 0 Å². The smallest absolute Gasteiger partial charge is 0.128 e. The maximum Gasteiger partial charge on any atom is 0.128 e. The molecular weight excluding hydrogens is 302 g/mol. The number of hydrogen-bond acceptors (Lipinski definition) is 5. The van der Waals surface area contributed by atoms with Crippen molar-refractivity contribution in [1.29, 1.82) is 0 Å². The highest BCUT2D eigenvalue weighted by Crippen LogP contribution is 2.44. The zero-order valence-corrected chi connectivity index (χ0v) is 14.7. The molecule has 2 aromatic rings. The van der Waals surface area contributed by atoms with Gasteiger partial charge in [0.05, 0.1) is 20.3 Å². The van der Waals surface area contributed by atoms with Gasteiger partial charge in [0, 0.05) is 50.2 Å². The summed E-state index contributed by atoms with van der Waals surface area (Å²) in [5.41, 5.74) is 10.8. The van der Waals surface area contributed by atoms with E-state index >= 15 is 0 Å². The molecule has 2 aromatic carbocycles. The predicted molar refractivity (Wildman–Crippen MR) is 98.3 cm³/mol. The van der Waals surface area contributed by atoms with Crippen LogP contribution in [0.5, 0.6) is 11.5 Å². The van der Waals surface area contributed by atoms with Gasteiger partial charge in [-0.1, -0.05) is 6.07 Å². The van der Waals surface area contributed by atoms with Crippen LogP contribution in [0.15, 0.2) is 36.4 Å². The third-order valence-electron chi connectivity index (χ3n) is 4.61. The number of hydrogen-bond donors (Lipinski definition) is 1. The van der Waals surface area contributed by atoms with E-state index < -0.39 is 0 Å². The summed E-state index contributed by atoms with van der Waals surface area (Å²) in [6.07, 6.45) is 0. The normalized spacial score (nSPS) is 16.0. The lowest BCUT2D eigenvalue weighted by Gasteiger charge is -2.28. The fraction of sp³-hybridized carbons (Fsp3) is 0.368. The molecule has 5 heteroatoms. The molecule has 3 rings (SSSR count). The quantitative estimate of drug-likeness (QED) is 0.915. The van der Waals surface area contributed by atoms with Gasteiger partial charge >= 0.3 is 0 Å². The first-order valence-corrected chi connectivity index (χ1v) is 8.08. The van der Waals surface area contributed by atoms with Gasteiger partial charge in [-0.3, -0.25) is 0 Å². The largest absolute Gasteiger partial charge is 0.497 e. The van der Waals surface area contributed by atoms with Crippen molar-refractivity contribution in [2.75, 3.05) is 44.7 Å². The van der Waals surface area contributed by atoms with Crippen LogP contribution in [-0.4, -0.2) is 34.9 Å². The van der Waals surface area contributed by atoms with E-state index in [-0.39, 0.29) is 6.04 Å². The summed E-state index contributed by atoms with van der Waals surface area (Å²) < 4.78 is 11.0. The maximum atomic E-state index is 6.13. The highest BCUT2D eigenvalue weighted by Gasteiger charge is 2.33. The Bertz CT molecular complexity index is 731. The molecule has 2 N–H and O–H groups in total. The van der Waals surface area contributed by atoms with E-state index in [1.54, 1.807) is 14.2 Å². The maximum absolute atomic E-state index is 6.13. The van der Waals surface area contributed by atoms with Crippen molar-refractivity contribution >= 4 is 11.4 Å². The Morgan fingerprint density at radius 3 is 2.58 bits per heavy atom. The van der Waals surface area contributed by atoms with Crippen molar-refractivity contribution < 1.29 is 9.47 Å². The Balaban J connectivity index is 2.04. The summed E-state index contributed by atoms with van der Waals surface area (Å²) in [6, 6.07) is 12.6. The second-order valence-corrected chi connectivity index (χ2v) is 6.20. The molecule has 0 fully saturated rings. The van der Waals surface area contributed by atoms with Crippen molar-refractivity contribution in [3.63, 3.8) is 0 Å². The Morgan fingerprint density at radius 1 is 1.17 bits per heavy atom. The Hall–Kier alpha value is -2.40. The van der Waals surface area contributed by atoms with Crippen LogP contribution in [0.25, 0.3) is 0 Å². The summed E-state index contributed by atoms with van der Waals surface area (Å²) >= 11 is 0. The molecule has 1 unspecified atom stereocenters. The zero-order chi connectivity index (χ0) is 17.3. The molecule has 0 aliphatic carbocycles. The van der Waals surface area contributed by atoms with Crippen molar-refractivity contribution in [3.8, 4) is 11.5 Å². The molecule has 1 aliphatic heterocycles. The Labute approximate surface area is 143 Å². The van der Waals surface area contributed by atoms with Gasteiger partial charge in [0.25, 0.3) is 0 Å². The second kappa shape index (κ2) is 6.61. The van der Waals surface area contributed by atoms with E-state index in [0.717, 1.165) is 29.3 Å². The van der Waals surface area contributed by atoms with Crippen molar-refractivity contribution in [2.24, 2.45) is 5.73 Å². The van der Waals surface area contributed by atoms with E-state index in [2.05, 4.69) is 40.1 Å². The standard InChI is InChI=1S/C19H25N3O2/c1-21(2)14-6-5-7-15(9-14)22-12-13-8-16(23-3)10-18(24-4)19(13)17(22)11-20/h5-10,17H,11-12,20H2,1-4H3. The molecule has 0 amide bonds. The van der Waals surface area contributed by atoms with E-state index in [9.17, 15) is 0 Å². The summed E-state index contributed by atoms with van der Waals surface area (Å²) in [5, 5.41) is 0. The lowest BCUT2D eigenvalue weighted by atomic mass is 10.0. The summed E-state index contributed by atoms with van der Waals surface area (Å²) in [5.74, 6) is 1.65. The van der Waals surface area contributed by atoms with Crippen molar-refractivity contribution in [2.45, 2.75) is 12.6 Å². The van der Waals surface area contributed by atoms with E-state index in [1.807, 2.05) is 20.2 Å². The van der Waals surface area contributed by atoms with Crippen LogP contribution in [0.4, 0.5) is 11.4 Å². The molecule has 24 heavy (non-hydrogen) atoms. The summed E-state index contributed by atoms with van der Waals surface area (Å²) in [7, 11) is 7.46. The van der Waals surface area contributed by atoms with Gasteiger partial charge < -0.3 is 25.0 Å². The molecule has 1 heterocycles. The topological polar surface area (TPSA) is 51.0 Å². The van der Waals surface area contributed by atoms with Gasteiger partial charge in [0.2, 0.25) is 0 Å². The molecular formula is C19H25N3O2. The lowest BCUT2D eigenvalue weighted by molar-refractivity contribution is 0.389. The summed E-state index contributed by atoms with van der Waals surface area (Å²) in [4.78, 5) is 4.44. The van der Waals surface area contributed by atoms with Gasteiger partial charge in [-0.2, -0.15) is 0 Å². The third kappa shape index (κ3) is 2.76. The Kier molecular flexibility index (Phi) is 4.53. The molecule has 0 radical (unpaired) electrons. The number of nitrogens with two attached hydrogens (primary N) is 1. The third-order valence-corrected chi connectivity index (χ3v) is 4.61. The van der Waals surface area contributed by atoms with Gasteiger partial charge in [0.1, 0.15) is 11.5 Å². The van der Waals surface area contributed by atoms with Crippen LogP contribution in [0.3, 0.4) is 0 Å². The number of benzene rings is 2. The van der Waals surface area contributed by atoms with Crippen LogP contribution in [0.1, 0.15) is 17.2 Å². The molecule has 0 spiro atoms. The number of nitrogens with zero attached hydrogens (tertiary/aromatic N) is 2. The molecule has 1 atom stereocenters. The molecule has 128 valence electrons. The minimum absolute atomic E-state index is 0.0956. The first-order chi connectivity index (χ1) is 11.6. The fourth-order valence-corrected chi connectivity index (χ4v) is 3.37. The number of fused-ring (bicyclic) bond motifs is 1. The van der Waals surface area contributed by atoms with Crippen LogP contribution in [0.2, 0.25) is 0 Å². The molecule has 0 saturated carbocycles. The molecule has 0 saturated heterocycles. The monoisotopic (exact) mass is 327 g/mol. The average molecular weight is 327 g/mol. The molecule has 1 aliphatic rings. The molecule has 0 bridgehead atoms. The lowest BCUT2D eigenvalue weighted by Crippen LogP contribution is -2.28. The highest BCUT2D eigenvalue weighted by atomic mass is 16.5. The summed E-state index contributed by atoms with van der Waals surface area (Å²) in [6.45, 7) is 1.32. The molecule has 5 nitrogen and oxygen atoms in total. The van der Waals surface area contributed by atoms with Crippen LogP contribution < -0.4 is 25.0 Å². The number of anilines is 2. The second-order valence-electron chi connectivity index (χ2n) is 6.20. The first-order valence-electron chi connectivity index (χ1n) is 8.08. The minimum Gasteiger partial charge on any atom is -0.497 e. The fourth-order valence-electron chi connectivity index (χ4n) is 3.37. The van der Waals surface area contributed by atoms with Gasteiger partial charge in [-0.15, -0.1) is 0 Å². The Morgan fingerprint density at radius 2 is 1.96 bits per heavy atom. The number of methoxy groups -OCH3 is 2. The van der Waals surface area contributed by atoms with Gasteiger partial charge in [-0.05, 0) is 29.8 Å².